The van der Waals surface area contributed by atoms with Gasteiger partial charge in [0, 0.05) is 13.0 Å². The summed E-state index contributed by atoms with van der Waals surface area (Å²) in [6, 6.07) is 0. The van der Waals surface area contributed by atoms with E-state index < -0.39 is 18.2 Å². The van der Waals surface area contributed by atoms with E-state index in [1.807, 2.05) is 0 Å². The molecule has 1 aliphatic heterocycles. The minimum Gasteiger partial charge on any atom is -0.463 e. The molecule has 1 rings (SSSR count). The van der Waals surface area contributed by atoms with Crippen LogP contribution in [-0.2, 0) is 19.1 Å². The first-order valence-electron chi connectivity index (χ1n) is 5.04. The Morgan fingerprint density at radius 3 is 2.73 bits per heavy atom. The molecule has 0 saturated carbocycles. The fourth-order valence-corrected chi connectivity index (χ4v) is 1.32. The van der Waals surface area contributed by atoms with Gasteiger partial charge in [-0.3, -0.25) is 4.79 Å². The third-order valence-electron chi connectivity index (χ3n) is 2.26. The first kappa shape index (κ1) is 12.1. The van der Waals surface area contributed by atoms with Crippen LogP contribution in [0.25, 0.3) is 0 Å². The van der Waals surface area contributed by atoms with Gasteiger partial charge < -0.3 is 19.4 Å². The highest BCUT2D eigenvalue weighted by Gasteiger charge is 2.27. The number of ketones is 1. The Balaban J connectivity index is 2.13. The van der Waals surface area contributed by atoms with Crippen LogP contribution in [0, 0.1) is 0 Å². The van der Waals surface area contributed by atoms with Gasteiger partial charge in [-0.1, -0.05) is 0 Å². The molecule has 0 aromatic carbocycles. The van der Waals surface area contributed by atoms with Crippen LogP contribution in [0.4, 0.5) is 0 Å². The van der Waals surface area contributed by atoms with Gasteiger partial charge in [-0.2, -0.15) is 0 Å². The molecule has 0 radical (unpaired) electrons. The molecule has 15 heavy (non-hydrogen) atoms. The normalized spacial score (nSPS) is 25.2. The van der Waals surface area contributed by atoms with E-state index in [0.29, 0.717) is 13.0 Å². The van der Waals surface area contributed by atoms with E-state index in [2.05, 4.69) is 0 Å². The number of aliphatic hydroxyl groups is 1. The number of esters is 1. The van der Waals surface area contributed by atoms with Crippen molar-refractivity contribution in [3.63, 3.8) is 0 Å². The van der Waals surface area contributed by atoms with E-state index in [4.69, 9.17) is 9.47 Å². The smallest absolute Gasteiger partial charge is 0.306 e. The molecule has 1 N–H and O–H groups in total. The van der Waals surface area contributed by atoms with Gasteiger partial charge in [-0.15, -0.1) is 0 Å². The number of Topliss-reactive ketones (excluding diaryl/α,β-unsaturated/α-hetero) is 1. The second-order valence-electron chi connectivity index (χ2n) is 3.65. The highest BCUT2D eigenvalue weighted by Crippen LogP contribution is 2.13. The van der Waals surface area contributed by atoms with Crippen LogP contribution >= 0.6 is 0 Å². The van der Waals surface area contributed by atoms with Crippen LogP contribution in [0.2, 0.25) is 0 Å². The molecule has 5 nitrogen and oxygen atoms in total. The molecule has 1 heterocycles. The van der Waals surface area contributed by atoms with Crippen molar-refractivity contribution in [3.8, 4) is 0 Å². The maximum atomic E-state index is 11.1. The maximum Gasteiger partial charge on any atom is 0.306 e. The lowest BCUT2D eigenvalue weighted by atomic mass is 10.2. The first-order chi connectivity index (χ1) is 7.09. The number of carbonyl (C=O) groups is 2. The number of rotatable bonds is 5. The lowest BCUT2D eigenvalue weighted by Crippen LogP contribution is -2.27. The second kappa shape index (κ2) is 5.82. The van der Waals surface area contributed by atoms with Gasteiger partial charge in [0.05, 0.1) is 12.5 Å². The zero-order chi connectivity index (χ0) is 11.3. The quantitative estimate of drug-likeness (QED) is 0.657. The van der Waals surface area contributed by atoms with Crippen LogP contribution in [0.3, 0.4) is 0 Å². The fraction of sp³-hybridized carbons (Fsp3) is 0.800. The second-order valence-corrected chi connectivity index (χ2v) is 3.65. The van der Waals surface area contributed by atoms with Crippen LogP contribution in [0.5, 0.6) is 0 Å². The Kier molecular flexibility index (Phi) is 4.71. The van der Waals surface area contributed by atoms with Crippen molar-refractivity contribution in [2.45, 2.75) is 38.4 Å². The van der Waals surface area contributed by atoms with Gasteiger partial charge in [-0.25, -0.2) is 0 Å². The average molecular weight is 216 g/mol. The topological polar surface area (TPSA) is 72.8 Å². The Morgan fingerprint density at radius 2 is 2.20 bits per heavy atom. The zero-order valence-electron chi connectivity index (χ0n) is 8.77. The average Bonchev–Trinajstić information content (AvgIpc) is 2.58. The van der Waals surface area contributed by atoms with Crippen molar-refractivity contribution in [2.75, 3.05) is 13.2 Å². The summed E-state index contributed by atoms with van der Waals surface area (Å²) in [5.74, 6) is -0.461. The van der Waals surface area contributed by atoms with Crippen molar-refractivity contribution in [2.24, 2.45) is 0 Å². The van der Waals surface area contributed by atoms with Crippen molar-refractivity contribution in [3.05, 3.63) is 0 Å². The Bertz CT molecular complexity index is 238. The highest BCUT2D eigenvalue weighted by molar-refractivity contribution is 5.80. The van der Waals surface area contributed by atoms with Gasteiger partial charge in [0.15, 0.2) is 0 Å². The van der Waals surface area contributed by atoms with Crippen molar-refractivity contribution in [1.29, 1.82) is 0 Å². The third-order valence-corrected chi connectivity index (χ3v) is 2.26. The van der Waals surface area contributed by atoms with Gasteiger partial charge >= 0.3 is 5.97 Å². The first-order valence-corrected chi connectivity index (χ1v) is 5.04. The Morgan fingerprint density at radius 1 is 1.47 bits per heavy atom. The van der Waals surface area contributed by atoms with E-state index in [1.54, 1.807) is 0 Å². The molecule has 0 aromatic rings. The Hall–Kier alpha value is -0.940. The monoisotopic (exact) mass is 216 g/mol. The highest BCUT2D eigenvalue weighted by atomic mass is 16.6. The van der Waals surface area contributed by atoms with E-state index in [1.165, 1.54) is 6.92 Å². The molecule has 0 spiro atoms. The Labute approximate surface area is 88.4 Å². The van der Waals surface area contributed by atoms with Crippen molar-refractivity contribution in [1.82, 2.24) is 0 Å². The summed E-state index contributed by atoms with van der Waals surface area (Å²) in [4.78, 5) is 21.7. The van der Waals surface area contributed by atoms with E-state index >= 15 is 0 Å². The number of ether oxygens (including phenoxy) is 2. The van der Waals surface area contributed by atoms with E-state index in [-0.39, 0.29) is 25.2 Å². The summed E-state index contributed by atoms with van der Waals surface area (Å²) in [6.07, 6.45) is -0.0855. The molecule has 0 bridgehead atoms. The summed E-state index contributed by atoms with van der Waals surface area (Å²) in [6.45, 7) is 1.99. The summed E-state index contributed by atoms with van der Waals surface area (Å²) in [5, 5.41) is 9.35. The van der Waals surface area contributed by atoms with Crippen LogP contribution in [0.15, 0.2) is 0 Å². The van der Waals surface area contributed by atoms with Crippen LogP contribution in [-0.4, -0.2) is 42.3 Å². The standard InChI is InChI=1S/C10H16O5/c1-7(11)2-3-10(13)15-6-9-8(12)4-5-14-9/h8-9,12H,2-6H2,1H3. The molecule has 0 amide bonds. The lowest BCUT2D eigenvalue weighted by molar-refractivity contribution is -0.149. The van der Waals surface area contributed by atoms with Gasteiger partial charge in [0.2, 0.25) is 0 Å². The number of carbonyl (C=O) groups excluding carboxylic acids is 2. The lowest BCUT2D eigenvalue weighted by Gasteiger charge is -2.13. The third kappa shape index (κ3) is 4.40. The predicted octanol–water partition coefficient (Wildman–Crippen LogP) is 0.0486. The molecule has 2 unspecified atom stereocenters. The largest absolute Gasteiger partial charge is 0.463 e. The predicted molar refractivity (Wildman–Crippen MR) is 51.2 cm³/mol. The van der Waals surface area contributed by atoms with Gasteiger partial charge in [0.25, 0.3) is 0 Å². The van der Waals surface area contributed by atoms with Crippen LogP contribution in [0.1, 0.15) is 26.2 Å². The fourth-order valence-electron chi connectivity index (χ4n) is 1.32. The number of hydrogen-bond donors (Lipinski definition) is 1. The summed E-state index contributed by atoms with van der Waals surface area (Å²) in [7, 11) is 0. The summed E-state index contributed by atoms with van der Waals surface area (Å²) < 4.78 is 10.0. The molecule has 5 heteroatoms. The van der Waals surface area contributed by atoms with Crippen molar-refractivity contribution >= 4 is 11.8 Å². The molecule has 86 valence electrons. The van der Waals surface area contributed by atoms with Crippen molar-refractivity contribution < 1.29 is 24.2 Å². The SMILES string of the molecule is CC(=O)CCC(=O)OCC1OCCC1O. The van der Waals surface area contributed by atoms with Crippen LogP contribution < -0.4 is 0 Å². The molecule has 1 saturated heterocycles. The maximum absolute atomic E-state index is 11.1. The summed E-state index contributed by atoms with van der Waals surface area (Å²) >= 11 is 0. The number of aliphatic hydroxyl groups excluding tert-OH is 1. The molecule has 1 aliphatic rings. The summed E-state index contributed by atoms with van der Waals surface area (Å²) in [5.41, 5.74) is 0. The molecular weight excluding hydrogens is 200 g/mol. The van der Waals surface area contributed by atoms with E-state index in [9.17, 15) is 14.7 Å². The molecular formula is C10H16O5. The molecule has 1 fully saturated rings. The number of hydrogen-bond acceptors (Lipinski definition) is 5. The van der Waals surface area contributed by atoms with Gasteiger partial charge in [0.1, 0.15) is 18.5 Å². The molecule has 0 aromatic heterocycles. The molecule has 2 atom stereocenters. The van der Waals surface area contributed by atoms with E-state index in [0.717, 1.165) is 0 Å². The zero-order valence-corrected chi connectivity index (χ0v) is 8.77. The van der Waals surface area contributed by atoms with Gasteiger partial charge in [-0.05, 0) is 13.3 Å². The molecule has 0 aliphatic carbocycles. The minimum atomic E-state index is -0.550. The minimum absolute atomic E-state index is 0.0379.